The first-order valence-corrected chi connectivity index (χ1v) is 12.0. The Bertz CT molecular complexity index is 1190. The van der Waals surface area contributed by atoms with E-state index in [9.17, 15) is 9.59 Å². The number of imide groups is 1. The van der Waals surface area contributed by atoms with Crippen molar-refractivity contribution in [2.24, 2.45) is 0 Å². The number of rotatable bonds is 9. The predicted octanol–water partition coefficient (Wildman–Crippen LogP) is 6.25. The number of amides is 2. The van der Waals surface area contributed by atoms with Crippen LogP contribution >= 0.6 is 11.8 Å². The van der Waals surface area contributed by atoms with Crippen LogP contribution < -0.4 is 9.47 Å². The number of hydrogen-bond acceptors (Lipinski definition) is 5. The molecular weight excluding hydrogens is 446 g/mol. The van der Waals surface area contributed by atoms with Crippen molar-refractivity contribution in [3.05, 3.63) is 100.0 Å². The molecule has 0 aliphatic carbocycles. The monoisotopic (exact) mass is 473 g/mol. The third-order valence-electron chi connectivity index (χ3n) is 5.56. The van der Waals surface area contributed by atoms with E-state index in [1.807, 2.05) is 67.6 Å². The average molecular weight is 474 g/mol. The second-order valence-electron chi connectivity index (χ2n) is 8.11. The van der Waals surface area contributed by atoms with E-state index in [0.29, 0.717) is 29.6 Å². The van der Waals surface area contributed by atoms with Gasteiger partial charge in [-0.25, -0.2) is 0 Å². The van der Waals surface area contributed by atoms with E-state index in [4.69, 9.17) is 9.47 Å². The smallest absolute Gasteiger partial charge is 0.293 e. The maximum Gasteiger partial charge on any atom is 0.293 e. The molecule has 0 bridgehead atoms. The van der Waals surface area contributed by atoms with Crippen molar-refractivity contribution in [1.29, 1.82) is 0 Å². The molecule has 5 nitrogen and oxygen atoms in total. The van der Waals surface area contributed by atoms with Gasteiger partial charge in [0.15, 0.2) is 11.5 Å². The topological polar surface area (TPSA) is 55.8 Å². The molecule has 3 aromatic carbocycles. The highest BCUT2D eigenvalue weighted by atomic mass is 32.2. The molecule has 6 heteroatoms. The van der Waals surface area contributed by atoms with Crippen LogP contribution in [0.1, 0.15) is 28.7 Å². The molecule has 174 valence electrons. The van der Waals surface area contributed by atoms with Gasteiger partial charge in [-0.15, -0.1) is 0 Å². The van der Waals surface area contributed by atoms with Crippen LogP contribution in [0.15, 0.2) is 77.7 Å². The summed E-state index contributed by atoms with van der Waals surface area (Å²) >= 11 is 0.976. The lowest BCUT2D eigenvalue weighted by molar-refractivity contribution is -0.122. The van der Waals surface area contributed by atoms with Crippen LogP contribution in [0, 0.1) is 6.92 Å². The number of hydrogen-bond donors (Lipinski definition) is 0. The first-order valence-electron chi connectivity index (χ1n) is 11.2. The van der Waals surface area contributed by atoms with Crippen molar-refractivity contribution in [2.45, 2.75) is 26.4 Å². The van der Waals surface area contributed by atoms with E-state index in [1.54, 1.807) is 13.2 Å². The summed E-state index contributed by atoms with van der Waals surface area (Å²) in [7, 11) is 1.58. The maximum atomic E-state index is 12.8. The van der Waals surface area contributed by atoms with Gasteiger partial charge < -0.3 is 9.47 Å². The van der Waals surface area contributed by atoms with Crippen LogP contribution in [-0.4, -0.2) is 29.7 Å². The summed E-state index contributed by atoms with van der Waals surface area (Å²) in [5.41, 5.74) is 4.24. The lowest BCUT2D eigenvalue weighted by Gasteiger charge is -2.12. The summed E-state index contributed by atoms with van der Waals surface area (Å²) in [5, 5.41) is -0.227. The summed E-state index contributed by atoms with van der Waals surface area (Å²) in [6.45, 7) is 2.88. The fourth-order valence-electron chi connectivity index (χ4n) is 3.67. The van der Waals surface area contributed by atoms with Crippen molar-refractivity contribution in [1.82, 2.24) is 4.90 Å². The molecule has 0 unspecified atom stereocenters. The van der Waals surface area contributed by atoms with Crippen molar-refractivity contribution >= 4 is 29.0 Å². The number of nitrogens with zero attached hydrogens (tertiary/aromatic N) is 1. The molecule has 1 saturated heterocycles. The number of thioether (sulfide) groups is 1. The number of carbonyl (C=O) groups excluding carboxylic acids is 2. The predicted molar refractivity (Wildman–Crippen MR) is 136 cm³/mol. The van der Waals surface area contributed by atoms with Crippen molar-refractivity contribution in [3.63, 3.8) is 0 Å². The Morgan fingerprint density at radius 3 is 2.41 bits per heavy atom. The van der Waals surface area contributed by atoms with Crippen LogP contribution in [0.25, 0.3) is 6.08 Å². The van der Waals surface area contributed by atoms with Crippen LogP contribution in [0.3, 0.4) is 0 Å². The number of methoxy groups -OCH3 is 1. The third-order valence-corrected chi connectivity index (χ3v) is 6.47. The van der Waals surface area contributed by atoms with Gasteiger partial charge in [0, 0.05) is 6.54 Å². The Balaban J connectivity index is 1.39. The molecule has 0 N–H and O–H groups in total. The summed E-state index contributed by atoms with van der Waals surface area (Å²) in [6, 6.07) is 23.7. The summed E-state index contributed by atoms with van der Waals surface area (Å²) in [5.74, 6) is 0.943. The number of benzene rings is 3. The number of aryl methyl sites for hydroxylation is 2. The van der Waals surface area contributed by atoms with Gasteiger partial charge in [-0.1, -0.05) is 66.2 Å². The zero-order valence-corrected chi connectivity index (χ0v) is 20.1. The van der Waals surface area contributed by atoms with Gasteiger partial charge in [0.25, 0.3) is 11.1 Å². The molecule has 1 aliphatic heterocycles. The standard InChI is InChI=1S/C28H27NO4S/c1-20-10-12-22(13-11-20)19-33-24-15-14-23(17-25(24)32-2)18-26-27(30)29(28(31)34-26)16-6-9-21-7-4-3-5-8-21/h3-5,7-8,10-15,17-18H,6,9,16,19H2,1-2H3/b26-18+. The Morgan fingerprint density at radius 1 is 0.912 bits per heavy atom. The van der Waals surface area contributed by atoms with Gasteiger partial charge in [0.2, 0.25) is 0 Å². The molecule has 0 saturated carbocycles. The normalized spacial score (nSPS) is 14.6. The van der Waals surface area contributed by atoms with E-state index in [1.165, 1.54) is 16.0 Å². The fourth-order valence-corrected chi connectivity index (χ4v) is 4.53. The number of ether oxygens (including phenoxy) is 2. The van der Waals surface area contributed by atoms with E-state index in [0.717, 1.165) is 35.7 Å². The largest absolute Gasteiger partial charge is 0.493 e. The zero-order chi connectivity index (χ0) is 23.9. The molecule has 1 aliphatic rings. The van der Waals surface area contributed by atoms with Crippen LogP contribution in [-0.2, 0) is 17.8 Å². The Labute approximate surface area is 204 Å². The second kappa shape index (κ2) is 11.1. The maximum absolute atomic E-state index is 12.8. The van der Waals surface area contributed by atoms with Gasteiger partial charge in [0.1, 0.15) is 6.61 Å². The highest BCUT2D eigenvalue weighted by Crippen LogP contribution is 2.35. The molecule has 34 heavy (non-hydrogen) atoms. The molecule has 0 aromatic heterocycles. The van der Waals surface area contributed by atoms with Crippen LogP contribution in [0.2, 0.25) is 0 Å². The van der Waals surface area contributed by atoms with E-state index in [2.05, 4.69) is 12.1 Å². The van der Waals surface area contributed by atoms with E-state index < -0.39 is 0 Å². The molecule has 0 atom stereocenters. The molecule has 4 rings (SSSR count). The lowest BCUT2D eigenvalue weighted by atomic mass is 10.1. The third kappa shape index (κ3) is 5.88. The highest BCUT2D eigenvalue weighted by Gasteiger charge is 2.34. The lowest BCUT2D eigenvalue weighted by Crippen LogP contribution is -2.29. The minimum atomic E-state index is -0.248. The highest BCUT2D eigenvalue weighted by molar-refractivity contribution is 8.18. The molecule has 2 amide bonds. The zero-order valence-electron chi connectivity index (χ0n) is 19.3. The average Bonchev–Trinajstić information content (AvgIpc) is 3.12. The SMILES string of the molecule is COc1cc(/C=C2/SC(=O)N(CCCc3ccccc3)C2=O)ccc1OCc1ccc(C)cc1. The molecule has 1 heterocycles. The molecule has 3 aromatic rings. The van der Waals surface area contributed by atoms with Gasteiger partial charge in [0.05, 0.1) is 12.0 Å². The quantitative estimate of drug-likeness (QED) is 0.344. The molecular formula is C28H27NO4S. The van der Waals surface area contributed by atoms with Crippen LogP contribution in [0.4, 0.5) is 4.79 Å². The van der Waals surface area contributed by atoms with Gasteiger partial charge in [-0.05, 0) is 66.4 Å². The Morgan fingerprint density at radius 2 is 1.68 bits per heavy atom. The Kier molecular flexibility index (Phi) is 7.70. The second-order valence-corrected chi connectivity index (χ2v) is 9.10. The first kappa shape index (κ1) is 23.6. The number of carbonyl (C=O) groups is 2. The van der Waals surface area contributed by atoms with E-state index in [-0.39, 0.29) is 11.1 Å². The van der Waals surface area contributed by atoms with Gasteiger partial charge in [-0.3, -0.25) is 14.5 Å². The van der Waals surface area contributed by atoms with Crippen LogP contribution in [0.5, 0.6) is 11.5 Å². The molecule has 0 radical (unpaired) electrons. The van der Waals surface area contributed by atoms with Crippen molar-refractivity contribution in [3.8, 4) is 11.5 Å². The van der Waals surface area contributed by atoms with Gasteiger partial charge >= 0.3 is 0 Å². The summed E-state index contributed by atoms with van der Waals surface area (Å²) in [4.78, 5) is 27.0. The molecule has 0 spiro atoms. The Hall–Kier alpha value is -3.51. The minimum Gasteiger partial charge on any atom is -0.493 e. The van der Waals surface area contributed by atoms with Gasteiger partial charge in [-0.2, -0.15) is 0 Å². The van der Waals surface area contributed by atoms with Crippen molar-refractivity contribution < 1.29 is 19.1 Å². The first-order chi connectivity index (χ1) is 16.5. The fraction of sp³-hybridized carbons (Fsp3) is 0.214. The summed E-state index contributed by atoms with van der Waals surface area (Å²) < 4.78 is 11.4. The molecule has 1 fully saturated rings. The van der Waals surface area contributed by atoms with E-state index >= 15 is 0 Å². The van der Waals surface area contributed by atoms with Crippen molar-refractivity contribution in [2.75, 3.05) is 13.7 Å². The minimum absolute atomic E-state index is 0.227. The summed E-state index contributed by atoms with van der Waals surface area (Å²) in [6.07, 6.45) is 3.29.